The predicted octanol–water partition coefficient (Wildman–Crippen LogP) is 3.28. The first-order chi connectivity index (χ1) is 12.9. The number of carbonyl (C=O) groups is 1. The highest BCUT2D eigenvalue weighted by molar-refractivity contribution is 7.92. The van der Waals surface area contributed by atoms with Crippen molar-refractivity contribution >= 4 is 21.6 Å². The zero-order chi connectivity index (χ0) is 19.4. The number of piperidine rings is 1. The van der Waals surface area contributed by atoms with Crippen LogP contribution in [0.2, 0.25) is 0 Å². The average molecular weight is 390 g/mol. The Kier molecular flexibility index (Phi) is 5.79. The molecule has 1 heterocycles. The van der Waals surface area contributed by atoms with Crippen molar-refractivity contribution in [2.24, 2.45) is 5.92 Å². The van der Waals surface area contributed by atoms with Gasteiger partial charge < -0.3 is 4.90 Å². The second-order valence-corrected chi connectivity index (χ2v) is 8.73. The number of rotatable bonds is 5. The topological polar surface area (TPSA) is 57.7 Å². The van der Waals surface area contributed by atoms with Gasteiger partial charge in [-0.1, -0.05) is 25.1 Å². The van der Waals surface area contributed by atoms with Crippen LogP contribution in [0.1, 0.15) is 19.8 Å². The Labute approximate surface area is 159 Å². The van der Waals surface area contributed by atoms with E-state index in [1.165, 1.54) is 12.1 Å². The fourth-order valence-corrected chi connectivity index (χ4v) is 4.54. The zero-order valence-electron chi connectivity index (χ0n) is 15.2. The van der Waals surface area contributed by atoms with Crippen LogP contribution in [0.15, 0.2) is 59.5 Å². The molecule has 0 saturated carbocycles. The lowest BCUT2D eigenvalue weighted by Gasteiger charge is -2.32. The Morgan fingerprint density at radius 1 is 1.07 bits per heavy atom. The van der Waals surface area contributed by atoms with Crippen LogP contribution in [-0.4, -0.2) is 38.9 Å². The van der Waals surface area contributed by atoms with Crippen molar-refractivity contribution in [1.29, 1.82) is 0 Å². The van der Waals surface area contributed by atoms with Gasteiger partial charge in [0.15, 0.2) is 0 Å². The molecule has 1 fully saturated rings. The number of sulfonamides is 1. The van der Waals surface area contributed by atoms with Crippen molar-refractivity contribution in [2.75, 3.05) is 23.9 Å². The number of benzene rings is 2. The van der Waals surface area contributed by atoms with Gasteiger partial charge in [-0.3, -0.25) is 9.10 Å². The molecule has 1 saturated heterocycles. The lowest BCUT2D eigenvalue weighted by atomic mass is 9.99. The van der Waals surface area contributed by atoms with Crippen molar-refractivity contribution < 1.29 is 17.6 Å². The minimum atomic E-state index is -4.00. The van der Waals surface area contributed by atoms with E-state index < -0.39 is 15.8 Å². The fourth-order valence-electron chi connectivity index (χ4n) is 3.12. The highest BCUT2D eigenvalue weighted by Gasteiger charge is 2.30. The highest BCUT2D eigenvalue weighted by Crippen LogP contribution is 2.24. The van der Waals surface area contributed by atoms with Crippen LogP contribution < -0.4 is 4.31 Å². The van der Waals surface area contributed by atoms with Gasteiger partial charge in [-0.2, -0.15) is 0 Å². The molecule has 2 aromatic rings. The van der Waals surface area contributed by atoms with Gasteiger partial charge in [0.25, 0.3) is 10.0 Å². The second-order valence-electron chi connectivity index (χ2n) is 6.86. The van der Waals surface area contributed by atoms with E-state index in [2.05, 4.69) is 6.92 Å². The number of amides is 1. The van der Waals surface area contributed by atoms with Crippen molar-refractivity contribution in [2.45, 2.75) is 24.7 Å². The third-order valence-electron chi connectivity index (χ3n) is 4.86. The molecular formula is C20H23FN2O3S. The first-order valence-electron chi connectivity index (χ1n) is 8.99. The summed E-state index contributed by atoms with van der Waals surface area (Å²) in [5.74, 6) is -0.169. The van der Waals surface area contributed by atoms with Gasteiger partial charge in [-0.05, 0) is 55.2 Å². The summed E-state index contributed by atoms with van der Waals surface area (Å²) in [6, 6.07) is 13.1. The van der Waals surface area contributed by atoms with Crippen LogP contribution in [0.4, 0.5) is 10.1 Å². The van der Waals surface area contributed by atoms with Crippen molar-refractivity contribution in [1.82, 2.24) is 4.90 Å². The highest BCUT2D eigenvalue weighted by atomic mass is 32.2. The summed E-state index contributed by atoms with van der Waals surface area (Å²) < 4.78 is 40.6. The van der Waals surface area contributed by atoms with Gasteiger partial charge >= 0.3 is 0 Å². The summed E-state index contributed by atoms with van der Waals surface area (Å²) in [5.41, 5.74) is 0.403. The molecule has 0 bridgehead atoms. The van der Waals surface area contributed by atoms with Gasteiger partial charge in [-0.15, -0.1) is 0 Å². The van der Waals surface area contributed by atoms with E-state index >= 15 is 0 Å². The molecule has 1 aliphatic heterocycles. The van der Waals surface area contributed by atoms with E-state index in [1.54, 1.807) is 35.2 Å². The van der Waals surface area contributed by atoms with Crippen molar-refractivity contribution in [3.63, 3.8) is 0 Å². The number of nitrogens with zero attached hydrogens (tertiary/aromatic N) is 2. The molecule has 0 unspecified atom stereocenters. The molecule has 0 aromatic heterocycles. The lowest BCUT2D eigenvalue weighted by molar-refractivity contribution is -0.130. The number of para-hydroxylation sites is 1. The minimum absolute atomic E-state index is 0.0483. The maximum atomic E-state index is 13.2. The molecule has 0 radical (unpaired) electrons. The summed E-state index contributed by atoms with van der Waals surface area (Å²) in [6.07, 6.45) is 1.84. The van der Waals surface area contributed by atoms with Crippen LogP contribution in [0.3, 0.4) is 0 Å². The van der Waals surface area contributed by atoms with Crippen molar-refractivity contribution in [3.8, 4) is 0 Å². The van der Waals surface area contributed by atoms with E-state index in [9.17, 15) is 17.6 Å². The Bertz CT molecular complexity index is 877. The molecule has 0 aliphatic carbocycles. The Hall–Kier alpha value is -2.41. The van der Waals surface area contributed by atoms with E-state index in [4.69, 9.17) is 0 Å². The van der Waals surface area contributed by atoms with Crippen LogP contribution in [0.25, 0.3) is 0 Å². The Morgan fingerprint density at radius 3 is 2.26 bits per heavy atom. The summed E-state index contributed by atoms with van der Waals surface area (Å²) in [7, 11) is -4.00. The number of hydrogen-bond acceptors (Lipinski definition) is 3. The monoisotopic (exact) mass is 390 g/mol. The normalized spacial score (nSPS) is 15.6. The predicted molar refractivity (Wildman–Crippen MR) is 102 cm³/mol. The molecule has 1 amide bonds. The van der Waals surface area contributed by atoms with Crippen LogP contribution >= 0.6 is 0 Å². The van der Waals surface area contributed by atoms with Crippen LogP contribution in [0.5, 0.6) is 0 Å². The molecule has 0 atom stereocenters. The number of likely N-dealkylation sites (tertiary alicyclic amines) is 1. The van der Waals surface area contributed by atoms with E-state index in [1.807, 2.05) is 0 Å². The van der Waals surface area contributed by atoms with E-state index in [-0.39, 0.29) is 17.3 Å². The number of hydrogen-bond donors (Lipinski definition) is 0. The summed E-state index contributed by atoms with van der Waals surface area (Å²) in [4.78, 5) is 14.5. The number of halogens is 1. The van der Waals surface area contributed by atoms with E-state index in [0.717, 1.165) is 29.3 Å². The molecule has 3 rings (SSSR count). The SMILES string of the molecule is CC1CCN(C(=O)CN(c2ccccc2)S(=O)(=O)c2ccc(F)cc2)CC1. The molecule has 2 aromatic carbocycles. The Balaban J connectivity index is 1.90. The zero-order valence-corrected chi connectivity index (χ0v) is 16.0. The lowest BCUT2D eigenvalue weighted by Crippen LogP contribution is -2.45. The molecule has 0 N–H and O–H groups in total. The fraction of sp³-hybridized carbons (Fsp3) is 0.350. The second kappa shape index (κ2) is 8.08. The first kappa shape index (κ1) is 19.4. The van der Waals surface area contributed by atoms with Gasteiger partial charge in [0.1, 0.15) is 12.4 Å². The molecule has 144 valence electrons. The molecule has 1 aliphatic rings. The van der Waals surface area contributed by atoms with Crippen LogP contribution in [0, 0.1) is 11.7 Å². The van der Waals surface area contributed by atoms with Gasteiger partial charge in [-0.25, -0.2) is 12.8 Å². The third kappa shape index (κ3) is 4.47. The maximum Gasteiger partial charge on any atom is 0.264 e. The van der Waals surface area contributed by atoms with Crippen molar-refractivity contribution in [3.05, 3.63) is 60.4 Å². The maximum absolute atomic E-state index is 13.2. The number of carbonyl (C=O) groups excluding carboxylic acids is 1. The summed E-state index contributed by atoms with van der Waals surface area (Å²) >= 11 is 0. The minimum Gasteiger partial charge on any atom is -0.341 e. The van der Waals surface area contributed by atoms with Gasteiger partial charge in [0.05, 0.1) is 10.6 Å². The summed E-state index contributed by atoms with van der Waals surface area (Å²) in [6.45, 7) is 3.15. The third-order valence-corrected chi connectivity index (χ3v) is 6.65. The average Bonchev–Trinajstić information content (AvgIpc) is 2.67. The van der Waals surface area contributed by atoms with Crippen LogP contribution in [-0.2, 0) is 14.8 Å². The largest absolute Gasteiger partial charge is 0.341 e. The number of anilines is 1. The molecule has 0 spiro atoms. The van der Waals surface area contributed by atoms with E-state index in [0.29, 0.717) is 24.7 Å². The first-order valence-corrected chi connectivity index (χ1v) is 10.4. The Morgan fingerprint density at radius 2 is 1.67 bits per heavy atom. The quantitative estimate of drug-likeness (QED) is 0.787. The molecule has 7 heteroatoms. The molecular weight excluding hydrogens is 367 g/mol. The smallest absolute Gasteiger partial charge is 0.264 e. The molecule has 27 heavy (non-hydrogen) atoms. The van der Waals surface area contributed by atoms with Gasteiger partial charge in [0.2, 0.25) is 5.91 Å². The molecule has 5 nitrogen and oxygen atoms in total. The standard InChI is InChI=1S/C20H23FN2O3S/c1-16-11-13-22(14-12-16)20(24)15-23(18-5-3-2-4-6-18)27(25,26)19-9-7-17(21)8-10-19/h2-10,16H,11-15H2,1H3. The summed E-state index contributed by atoms with van der Waals surface area (Å²) in [5, 5.41) is 0. The van der Waals surface area contributed by atoms with Gasteiger partial charge in [0, 0.05) is 13.1 Å².